The normalized spacial score (nSPS) is 14.2. The molecule has 4 nitrogen and oxygen atoms in total. The standard InChI is InChI=1S/C37H40N4.ClH/c1-25-22-26(18-20-38-36-28-10-2-6-14-32(28)40-33-15-7-3-11-29(33)36)24-27(23-25)19-21-39-37-30-12-4-8-16-34(30)41-35-17-9-5-13-31(35)37;/h2,4,6,8,10,12,14,16,22-24H,3,5,7,9,11,13,15,17-21H2,1H3,(H,38,40)(H,39,41);1H. The molecule has 5 aromatic rings. The highest BCUT2D eigenvalue weighted by Crippen LogP contribution is 2.34. The lowest BCUT2D eigenvalue weighted by Gasteiger charge is -2.22. The molecule has 0 fully saturated rings. The third kappa shape index (κ3) is 5.83. The average molecular weight is 577 g/mol. The number of fused-ring (bicyclic) bond motifs is 4. The second kappa shape index (κ2) is 12.7. The molecule has 2 aliphatic rings. The van der Waals surface area contributed by atoms with Crippen LogP contribution >= 0.6 is 12.4 Å². The van der Waals surface area contributed by atoms with Crippen molar-refractivity contribution in [2.24, 2.45) is 0 Å². The fourth-order valence-electron chi connectivity index (χ4n) is 7.05. The number of rotatable bonds is 8. The zero-order valence-electron chi connectivity index (χ0n) is 24.6. The Hall–Kier alpha value is -3.63. The largest absolute Gasteiger partial charge is 0.384 e. The van der Waals surface area contributed by atoms with Crippen molar-refractivity contribution in [2.75, 3.05) is 23.7 Å². The van der Waals surface area contributed by atoms with Gasteiger partial charge in [-0.1, -0.05) is 60.2 Å². The summed E-state index contributed by atoms with van der Waals surface area (Å²) in [6.07, 6.45) is 11.5. The summed E-state index contributed by atoms with van der Waals surface area (Å²) in [6, 6.07) is 24.3. The van der Waals surface area contributed by atoms with Crippen LogP contribution in [0, 0.1) is 6.92 Å². The van der Waals surface area contributed by atoms with Crippen LogP contribution in [0.15, 0.2) is 66.7 Å². The van der Waals surface area contributed by atoms with Crippen molar-refractivity contribution in [1.29, 1.82) is 0 Å². The molecule has 216 valence electrons. The summed E-state index contributed by atoms with van der Waals surface area (Å²) in [6.45, 7) is 4.08. The van der Waals surface area contributed by atoms with Crippen molar-refractivity contribution in [3.63, 3.8) is 0 Å². The Balaban J connectivity index is 0.00000316. The summed E-state index contributed by atoms with van der Waals surface area (Å²) < 4.78 is 0. The summed E-state index contributed by atoms with van der Waals surface area (Å²) in [5.41, 5.74) is 14.5. The number of anilines is 2. The Bertz CT molecular complexity index is 1600. The first kappa shape index (κ1) is 28.5. The number of nitrogens with one attached hydrogen (secondary N) is 2. The van der Waals surface area contributed by atoms with Gasteiger partial charge >= 0.3 is 0 Å². The van der Waals surface area contributed by atoms with Crippen LogP contribution in [0.4, 0.5) is 11.4 Å². The molecule has 2 heterocycles. The molecule has 2 N–H and O–H groups in total. The third-order valence-corrected chi connectivity index (χ3v) is 8.97. The van der Waals surface area contributed by atoms with Gasteiger partial charge in [0.1, 0.15) is 0 Å². The van der Waals surface area contributed by atoms with Gasteiger partial charge in [0.15, 0.2) is 0 Å². The molecule has 42 heavy (non-hydrogen) atoms. The van der Waals surface area contributed by atoms with Crippen LogP contribution in [-0.4, -0.2) is 23.1 Å². The van der Waals surface area contributed by atoms with Crippen molar-refractivity contribution < 1.29 is 0 Å². The molecule has 0 aliphatic heterocycles. The monoisotopic (exact) mass is 576 g/mol. The van der Waals surface area contributed by atoms with Gasteiger partial charge in [-0.05, 0) is 106 Å². The Labute approximate surface area is 255 Å². The van der Waals surface area contributed by atoms with E-state index in [1.165, 1.54) is 87.0 Å². The van der Waals surface area contributed by atoms with Crippen LogP contribution in [0.25, 0.3) is 21.8 Å². The van der Waals surface area contributed by atoms with Gasteiger partial charge in [-0.3, -0.25) is 9.97 Å². The van der Waals surface area contributed by atoms with E-state index in [-0.39, 0.29) is 12.4 Å². The SMILES string of the molecule is Cc1cc(CCNc2c3c(nc4ccccc24)CCCC3)cc(CCNc2c3c(nc4ccccc24)CCCC3)c1.Cl. The lowest BCUT2D eigenvalue weighted by atomic mass is 9.92. The van der Waals surface area contributed by atoms with Crippen molar-refractivity contribution >= 4 is 45.6 Å². The van der Waals surface area contributed by atoms with Crippen LogP contribution in [0.5, 0.6) is 0 Å². The molecule has 2 aromatic heterocycles. The average Bonchev–Trinajstić information content (AvgIpc) is 3.00. The van der Waals surface area contributed by atoms with E-state index in [0.717, 1.165) is 62.6 Å². The van der Waals surface area contributed by atoms with Gasteiger partial charge in [0.2, 0.25) is 0 Å². The Kier molecular flexibility index (Phi) is 8.62. The zero-order valence-corrected chi connectivity index (χ0v) is 25.5. The number of aromatic nitrogens is 2. The van der Waals surface area contributed by atoms with E-state index in [0.29, 0.717) is 0 Å². The predicted molar refractivity (Wildman–Crippen MR) is 180 cm³/mol. The Morgan fingerprint density at radius 2 is 1.05 bits per heavy atom. The Morgan fingerprint density at radius 1 is 0.595 bits per heavy atom. The zero-order chi connectivity index (χ0) is 27.6. The maximum Gasteiger partial charge on any atom is 0.0726 e. The summed E-state index contributed by atoms with van der Waals surface area (Å²) in [4.78, 5) is 10.0. The van der Waals surface area contributed by atoms with Gasteiger partial charge < -0.3 is 10.6 Å². The second-order valence-electron chi connectivity index (χ2n) is 12.0. The maximum absolute atomic E-state index is 5.01. The highest BCUT2D eigenvalue weighted by atomic mass is 35.5. The van der Waals surface area contributed by atoms with Crippen molar-refractivity contribution in [2.45, 2.75) is 71.1 Å². The number of benzene rings is 3. The number of aryl methyl sites for hydroxylation is 3. The van der Waals surface area contributed by atoms with Gasteiger partial charge in [0.05, 0.1) is 11.0 Å². The minimum atomic E-state index is 0. The van der Waals surface area contributed by atoms with E-state index in [9.17, 15) is 0 Å². The molecular weight excluding hydrogens is 536 g/mol. The van der Waals surface area contributed by atoms with E-state index in [4.69, 9.17) is 9.97 Å². The smallest absolute Gasteiger partial charge is 0.0726 e. The fraction of sp³-hybridized carbons (Fsp3) is 0.351. The number of pyridine rings is 2. The van der Waals surface area contributed by atoms with E-state index < -0.39 is 0 Å². The highest BCUT2D eigenvalue weighted by Gasteiger charge is 2.19. The lowest BCUT2D eigenvalue weighted by Crippen LogP contribution is -2.14. The molecule has 3 aromatic carbocycles. The molecule has 0 radical (unpaired) electrons. The van der Waals surface area contributed by atoms with E-state index in [2.05, 4.69) is 84.3 Å². The molecule has 0 bridgehead atoms. The topological polar surface area (TPSA) is 49.8 Å². The highest BCUT2D eigenvalue weighted by molar-refractivity contribution is 5.94. The van der Waals surface area contributed by atoms with Crippen molar-refractivity contribution in [1.82, 2.24) is 9.97 Å². The van der Waals surface area contributed by atoms with Crippen LogP contribution in [-0.2, 0) is 38.5 Å². The Morgan fingerprint density at radius 3 is 1.55 bits per heavy atom. The predicted octanol–water partition coefficient (Wildman–Crippen LogP) is 8.58. The van der Waals surface area contributed by atoms with Crippen LogP contribution < -0.4 is 10.6 Å². The van der Waals surface area contributed by atoms with E-state index >= 15 is 0 Å². The molecule has 2 aliphatic carbocycles. The molecule has 0 spiro atoms. The van der Waals surface area contributed by atoms with Gasteiger partial charge in [-0.15, -0.1) is 12.4 Å². The van der Waals surface area contributed by atoms with Crippen molar-refractivity contribution in [3.8, 4) is 0 Å². The number of hydrogen-bond donors (Lipinski definition) is 2. The molecule has 0 atom stereocenters. The summed E-state index contributed by atoms with van der Waals surface area (Å²) in [5, 5.41) is 10.2. The number of halogens is 1. The number of para-hydroxylation sites is 2. The molecule has 0 unspecified atom stereocenters. The minimum absolute atomic E-state index is 0. The fourth-order valence-corrected chi connectivity index (χ4v) is 7.05. The van der Waals surface area contributed by atoms with Gasteiger partial charge in [0, 0.05) is 46.6 Å². The molecule has 0 saturated carbocycles. The van der Waals surface area contributed by atoms with Gasteiger partial charge in [-0.2, -0.15) is 0 Å². The van der Waals surface area contributed by atoms with Crippen LogP contribution in [0.3, 0.4) is 0 Å². The summed E-state index contributed by atoms with van der Waals surface area (Å²) >= 11 is 0. The number of nitrogens with zero attached hydrogens (tertiary/aromatic N) is 2. The first-order valence-corrected chi connectivity index (χ1v) is 15.6. The quantitative estimate of drug-likeness (QED) is 0.194. The lowest BCUT2D eigenvalue weighted by molar-refractivity contribution is 0.672. The van der Waals surface area contributed by atoms with E-state index in [1.54, 1.807) is 0 Å². The number of hydrogen-bond acceptors (Lipinski definition) is 4. The second-order valence-corrected chi connectivity index (χ2v) is 12.0. The maximum atomic E-state index is 5.01. The van der Waals surface area contributed by atoms with Crippen LogP contribution in [0.2, 0.25) is 0 Å². The first-order chi connectivity index (χ1) is 20.2. The molecule has 0 saturated heterocycles. The molecule has 5 heteroatoms. The van der Waals surface area contributed by atoms with E-state index in [1.807, 2.05) is 0 Å². The van der Waals surface area contributed by atoms with Crippen molar-refractivity contribution in [3.05, 3.63) is 106 Å². The van der Waals surface area contributed by atoms with Gasteiger partial charge in [-0.25, -0.2) is 0 Å². The molecule has 0 amide bonds. The summed E-state index contributed by atoms with van der Waals surface area (Å²) in [7, 11) is 0. The minimum Gasteiger partial charge on any atom is -0.384 e. The van der Waals surface area contributed by atoms with Crippen LogP contribution in [0.1, 0.15) is 64.9 Å². The third-order valence-electron chi connectivity index (χ3n) is 8.97. The van der Waals surface area contributed by atoms with Gasteiger partial charge in [0.25, 0.3) is 0 Å². The molecule has 7 rings (SSSR count). The molecular formula is C37H41ClN4. The first-order valence-electron chi connectivity index (χ1n) is 15.6. The summed E-state index contributed by atoms with van der Waals surface area (Å²) in [5.74, 6) is 0.